The molecule has 7 heteroatoms. The van der Waals surface area contributed by atoms with Crippen LogP contribution in [0.3, 0.4) is 0 Å². The Labute approximate surface area is 164 Å². The monoisotopic (exact) mass is 386 g/mol. The molecule has 1 saturated carbocycles. The fourth-order valence-electron chi connectivity index (χ4n) is 4.98. The molecule has 4 atom stereocenters. The highest BCUT2D eigenvalue weighted by Crippen LogP contribution is 2.46. The molecule has 4 aliphatic rings. The number of hydrogen-bond donors (Lipinski definition) is 2. The van der Waals surface area contributed by atoms with E-state index in [-0.39, 0.29) is 23.8 Å². The quantitative estimate of drug-likeness (QED) is 0.815. The van der Waals surface area contributed by atoms with E-state index in [0.29, 0.717) is 41.2 Å². The van der Waals surface area contributed by atoms with Crippen molar-refractivity contribution in [3.05, 3.63) is 28.8 Å². The van der Waals surface area contributed by atoms with Gasteiger partial charge in [-0.2, -0.15) is 0 Å². The number of rotatable bonds is 4. The van der Waals surface area contributed by atoms with Gasteiger partial charge in [0.2, 0.25) is 0 Å². The van der Waals surface area contributed by atoms with Crippen molar-refractivity contribution < 1.29 is 23.8 Å². The third-order valence-electron chi connectivity index (χ3n) is 6.74. The van der Waals surface area contributed by atoms with Crippen molar-refractivity contribution >= 4 is 11.8 Å². The molecule has 3 aliphatic heterocycles. The first-order chi connectivity index (χ1) is 13.7. The van der Waals surface area contributed by atoms with E-state index < -0.39 is 0 Å². The van der Waals surface area contributed by atoms with E-state index in [1.54, 1.807) is 13.1 Å². The van der Waals surface area contributed by atoms with E-state index in [9.17, 15) is 9.59 Å². The molecular weight excluding hydrogens is 360 g/mol. The molecule has 2 saturated heterocycles. The predicted octanol–water partition coefficient (Wildman–Crippen LogP) is 1.32. The molecular formula is C21H26N2O5. The molecule has 2 amide bonds. The zero-order valence-electron chi connectivity index (χ0n) is 16.0. The number of carbonyl (C=O) groups excluding carboxylic acids is 2. The lowest BCUT2D eigenvalue weighted by Crippen LogP contribution is -2.30. The number of benzene rings is 1. The van der Waals surface area contributed by atoms with Crippen LogP contribution in [0, 0.1) is 17.8 Å². The molecule has 3 heterocycles. The molecule has 7 nitrogen and oxygen atoms in total. The molecule has 0 aromatic heterocycles. The smallest absolute Gasteiger partial charge is 0.254 e. The summed E-state index contributed by atoms with van der Waals surface area (Å²) >= 11 is 0. The maximum Gasteiger partial charge on any atom is 0.254 e. The average Bonchev–Trinajstić information content (AvgIpc) is 3.10. The highest BCUT2D eigenvalue weighted by Gasteiger charge is 2.54. The molecule has 1 aromatic carbocycles. The summed E-state index contributed by atoms with van der Waals surface area (Å²) < 4.78 is 16.9. The number of hydrogen-bond acceptors (Lipinski definition) is 5. The fourth-order valence-corrected chi connectivity index (χ4v) is 4.98. The highest BCUT2D eigenvalue weighted by atomic mass is 16.5. The van der Waals surface area contributed by atoms with Gasteiger partial charge in [-0.15, -0.1) is 0 Å². The molecule has 1 aliphatic carbocycles. The minimum absolute atomic E-state index is 0.120. The topological polar surface area (TPSA) is 85.9 Å². The normalized spacial score (nSPS) is 30.9. The van der Waals surface area contributed by atoms with Crippen molar-refractivity contribution in [2.45, 2.75) is 24.8 Å². The van der Waals surface area contributed by atoms with Crippen molar-refractivity contribution in [1.82, 2.24) is 10.6 Å². The van der Waals surface area contributed by atoms with Crippen LogP contribution in [0.1, 0.15) is 45.0 Å². The standard InChI is InChI=1S/C21H26N2O5/c1-22-21(25)14-7-12(20(24)23-18-16-8-27-9-17(16)18)6-13-15(10-28-19(13)14)11-2-4-26-5-3-11/h6-7,11,15-18H,2-5,8-10H2,1H3,(H,22,25)(H,23,24)/t15-,16-,17+,18+/m0/s1. The van der Waals surface area contributed by atoms with Crippen molar-refractivity contribution in [1.29, 1.82) is 0 Å². The Morgan fingerprint density at radius 1 is 1.00 bits per heavy atom. The van der Waals surface area contributed by atoms with Gasteiger partial charge in [-0.25, -0.2) is 0 Å². The lowest BCUT2D eigenvalue weighted by molar-refractivity contribution is 0.0551. The van der Waals surface area contributed by atoms with Gasteiger partial charge in [-0.3, -0.25) is 9.59 Å². The average molecular weight is 386 g/mol. The van der Waals surface area contributed by atoms with Crippen LogP contribution >= 0.6 is 0 Å². The zero-order valence-corrected chi connectivity index (χ0v) is 16.0. The second-order valence-electron chi connectivity index (χ2n) is 8.25. The lowest BCUT2D eigenvalue weighted by atomic mass is 9.81. The summed E-state index contributed by atoms with van der Waals surface area (Å²) in [7, 11) is 1.60. The van der Waals surface area contributed by atoms with E-state index in [1.807, 2.05) is 6.07 Å². The summed E-state index contributed by atoms with van der Waals surface area (Å²) in [5, 5.41) is 5.80. The van der Waals surface area contributed by atoms with Crippen molar-refractivity contribution in [3.63, 3.8) is 0 Å². The van der Waals surface area contributed by atoms with Gasteiger partial charge in [-0.05, 0) is 30.9 Å². The van der Waals surface area contributed by atoms with Crippen LogP contribution in [0.15, 0.2) is 12.1 Å². The van der Waals surface area contributed by atoms with E-state index in [1.165, 1.54) is 0 Å². The summed E-state index contributed by atoms with van der Waals surface area (Å²) in [6.45, 7) is 3.52. The Morgan fingerprint density at radius 3 is 2.46 bits per heavy atom. The van der Waals surface area contributed by atoms with Crippen LogP contribution in [0.4, 0.5) is 0 Å². The Bertz CT molecular complexity index is 794. The van der Waals surface area contributed by atoms with Crippen LogP contribution in [-0.4, -0.2) is 57.9 Å². The van der Waals surface area contributed by atoms with Gasteiger partial charge in [0, 0.05) is 55.2 Å². The lowest BCUT2D eigenvalue weighted by Gasteiger charge is -2.27. The van der Waals surface area contributed by atoms with Crippen molar-refractivity contribution in [2.24, 2.45) is 17.8 Å². The van der Waals surface area contributed by atoms with Crippen LogP contribution in [0.5, 0.6) is 5.75 Å². The maximum atomic E-state index is 12.9. The van der Waals surface area contributed by atoms with Gasteiger partial charge in [0.15, 0.2) is 0 Å². The van der Waals surface area contributed by atoms with E-state index in [2.05, 4.69) is 10.6 Å². The van der Waals surface area contributed by atoms with E-state index >= 15 is 0 Å². The summed E-state index contributed by atoms with van der Waals surface area (Å²) in [6.07, 6.45) is 1.95. The first-order valence-electron chi connectivity index (χ1n) is 10.2. The summed E-state index contributed by atoms with van der Waals surface area (Å²) in [5.41, 5.74) is 1.96. The third kappa shape index (κ3) is 2.97. The Hall–Kier alpha value is -2.12. The van der Waals surface area contributed by atoms with Crippen LogP contribution in [-0.2, 0) is 9.47 Å². The molecule has 0 bridgehead atoms. The molecule has 150 valence electrons. The molecule has 3 fully saturated rings. The molecule has 0 spiro atoms. The summed E-state index contributed by atoms with van der Waals surface area (Å²) in [4.78, 5) is 25.4. The SMILES string of the molecule is CNC(=O)c1cc(C(=O)N[C@H]2[C@@H]3COC[C@@H]32)cc2c1OC[C@H]2C1CCOCC1. The first kappa shape index (κ1) is 17.9. The Balaban J connectivity index is 1.44. The first-order valence-corrected chi connectivity index (χ1v) is 10.2. The number of ether oxygens (including phenoxy) is 3. The van der Waals surface area contributed by atoms with E-state index in [0.717, 1.165) is 44.8 Å². The van der Waals surface area contributed by atoms with Gasteiger partial charge >= 0.3 is 0 Å². The maximum absolute atomic E-state index is 12.9. The summed E-state index contributed by atoms with van der Waals surface area (Å²) in [6, 6.07) is 3.79. The molecule has 0 radical (unpaired) electrons. The van der Waals surface area contributed by atoms with Gasteiger partial charge < -0.3 is 24.8 Å². The van der Waals surface area contributed by atoms with Crippen LogP contribution in [0.25, 0.3) is 0 Å². The molecule has 1 aromatic rings. The number of carbonyl (C=O) groups is 2. The van der Waals surface area contributed by atoms with Crippen LogP contribution in [0.2, 0.25) is 0 Å². The zero-order chi connectivity index (χ0) is 19.3. The van der Waals surface area contributed by atoms with Gasteiger partial charge in [0.05, 0.1) is 25.4 Å². The number of amides is 2. The summed E-state index contributed by atoms with van der Waals surface area (Å²) in [5.74, 6) is 1.81. The molecule has 2 N–H and O–H groups in total. The third-order valence-corrected chi connectivity index (χ3v) is 6.74. The fraction of sp³-hybridized carbons (Fsp3) is 0.619. The minimum atomic E-state index is -0.227. The van der Waals surface area contributed by atoms with E-state index in [4.69, 9.17) is 14.2 Å². The molecule has 28 heavy (non-hydrogen) atoms. The highest BCUT2D eigenvalue weighted by molar-refractivity contribution is 6.02. The predicted molar refractivity (Wildman–Crippen MR) is 101 cm³/mol. The van der Waals surface area contributed by atoms with Gasteiger partial charge in [0.25, 0.3) is 11.8 Å². The second-order valence-corrected chi connectivity index (χ2v) is 8.25. The van der Waals surface area contributed by atoms with Crippen molar-refractivity contribution in [3.8, 4) is 5.75 Å². The minimum Gasteiger partial charge on any atom is -0.492 e. The Morgan fingerprint density at radius 2 is 1.75 bits per heavy atom. The Kier molecular flexibility index (Phi) is 4.51. The molecule has 5 rings (SSSR count). The largest absolute Gasteiger partial charge is 0.492 e. The number of fused-ring (bicyclic) bond motifs is 2. The van der Waals surface area contributed by atoms with Gasteiger partial charge in [0.1, 0.15) is 5.75 Å². The number of nitrogens with one attached hydrogen (secondary N) is 2. The molecule has 0 unspecified atom stereocenters. The second kappa shape index (κ2) is 7.04. The van der Waals surface area contributed by atoms with Crippen molar-refractivity contribution in [2.75, 3.05) is 40.1 Å². The van der Waals surface area contributed by atoms with Gasteiger partial charge in [-0.1, -0.05) is 0 Å². The van der Waals surface area contributed by atoms with Crippen LogP contribution < -0.4 is 15.4 Å².